The van der Waals surface area contributed by atoms with E-state index in [1.54, 1.807) is 30.3 Å². The molecular formula is C20H18N2O4. The molecule has 0 spiro atoms. The first-order valence-electron chi connectivity index (χ1n) is 7.85. The Kier molecular flexibility index (Phi) is 6.12. The minimum Gasteiger partial charge on any atom is -0.481 e. The molecule has 0 saturated carbocycles. The third kappa shape index (κ3) is 4.71. The number of amides is 1. The fourth-order valence-corrected chi connectivity index (χ4v) is 2.25. The molecule has 0 aliphatic carbocycles. The molecule has 0 bridgehead atoms. The van der Waals surface area contributed by atoms with Crippen LogP contribution in [0.5, 0.6) is 5.75 Å². The Hall–Kier alpha value is -3.59. The lowest BCUT2D eigenvalue weighted by atomic mass is 10.1. The highest BCUT2D eigenvalue weighted by Crippen LogP contribution is 2.22. The van der Waals surface area contributed by atoms with Crippen LogP contribution in [0.4, 0.5) is 5.69 Å². The summed E-state index contributed by atoms with van der Waals surface area (Å²) in [6, 6.07) is 14.0. The number of aryl methyl sites for hydroxylation is 1. The Balaban J connectivity index is 2.28. The van der Waals surface area contributed by atoms with Crippen LogP contribution in [0.1, 0.15) is 16.7 Å². The zero-order chi connectivity index (χ0) is 19.1. The zero-order valence-corrected chi connectivity index (χ0v) is 14.4. The minimum atomic E-state index is -1.11. The molecule has 132 valence electrons. The van der Waals surface area contributed by atoms with E-state index in [0.717, 1.165) is 11.1 Å². The van der Waals surface area contributed by atoms with E-state index in [-0.39, 0.29) is 11.3 Å². The zero-order valence-electron chi connectivity index (χ0n) is 14.4. The largest absolute Gasteiger partial charge is 0.481 e. The van der Waals surface area contributed by atoms with Gasteiger partial charge in [0.1, 0.15) is 17.4 Å². The van der Waals surface area contributed by atoms with Crippen LogP contribution < -0.4 is 10.1 Å². The minimum absolute atomic E-state index is 0.114. The van der Waals surface area contributed by atoms with Crippen molar-refractivity contribution in [3.05, 3.63) is 64.7 Å². The highest BCUT2D eigenvalue weighted by atomic mass is 16.5. The Morgan fingerprint density at radius 2 is 1.92 bits per heavy atom. The van der Waals surface area contributed by atoms with Gasteiger partial charge in [-0.1, -0.05) is 30.3 Å². The average molecular weight is 350 g/mol. The molecule has 0 unspecified atom stereocenters. The molecule has 6 nitrogen and oxygen atoms in total. The van der Waals surface area contributed by atoms with Crippen molar-refractivity contribution in [2.75, 3.05) is 11.9 Å². The van der Waals surface area contributed by atoms with Crippen molar-refractivity contribution in [3.63, 3.8) is 0 Å². The van der Waals surface area contributed by atoms with Crippen LogP contribution in [-0.2, 0) is 9.59 Å². The van der Waals surface area contributed by atoms with Crippen LogP contribution in [0.15, 0.2) is 48.0 Å². The number of carboxylic acids is 1. The van der Waals surface area contributed by atoms with E-state index >= 15 is 0 Å². The van der Waals surface area contributed by atoms with E-state index in [1.807, 2.05) is 32.0 Å². The molecule has 2 N–H and O–H groups in total. The van der Waals surface area contributed by atoms with E-state index in [4.69, 9.17) is 9.84 Å². The molecule has 0 fully saturated rings. The Morgan fingerprint density at radius 1 is 1.19 bits per heavy atom. The number of carbonyl (C=O) groups excluding carboxylic acids is 1. The summed E-state index contributed by atoms with van der Waals surface area (Å²) < 4.78 is 5.19. The number of carbonyl (C=O) groups is 2. The van der Waals surface area contributed by atoms with Crippen molar-refractivity contribution in [1.82, 2.24) is 0 Å². The number of anilines is 1. The van der Waals surface area contributed by atoms with Gasteiger partial charge >= 0.3 is 5.97 Å². The lowest BCUT2D eigenvalue weighted by molar-refractivity contribution is -0.139. The monoisotopic (exact) mass is 350 g/mol. The summed E-state index contributed by atoms with van der Waals surface area (Å²) in [5.41, 5.74) is 2.91. The smallest absolute Gasteiger partial charge is 0.341 e. The molecule has 0 aliphatic rings. The number of nitrogens with zero attached hydrogens (tertiary/aromatic N) is 1. The van der Waals surface area contributed by atoms with Gasteiger partial charge in [0.2, 0.25) is 0 Å². The van der Waals surface area contributed by atoms with Crippen molar-refractivity contribution in [2.24, 2.45) is 0 Å². The van der Waals surface area contributed by atoms with Gasteiger partial charge in [-0.15, -0.1) is 0 Å². The number of para-hydroxylation sites is 1. The number of nitriles is 1. The number of hydrogen-bond donors (Lipinski definition) is 2. The summed E-state index contributed by atoms with van der Waals surface area (Å²) in [5.74, 6) is -1.38. The summed E-state index contributed by atoms with van der Waals surface area (Å²) in [4.78, 5) is 23.1. The predicted octanol–water partition coefficient (Wildman–Crippen LogP) is 3.31. The van der Waals surface area contributed by atoms with Crippen molar-refractivity contribution in [2.45, 2.75) is 13.8 Å². The summed E-state index contributed by atoms with van der Waals surface area (Å²) in [5, 5.41) is 20.8. The third-order valence-corrected chi connectivity index (χ3v) is 3.79. The van der Waals surface area contributed by atoms with Gasteiger partial charge in [0.25, 0.3) is 5.91 Å². The standard InChI is InChI=1S/C20H18N2O4/c1-13-6-5-8-17(14(13)2)22-20(25)16(11-21)10-15-7-3-4-9-18(15)26-12-19(23)24/h3-10H,12H2,1-2H3,(H,22,25)(H,23,24)/b16-10+. The van der Waals surface area contributed by atoms with Gasteiger partial charge in [0, 0.05) is 11.3 Å². The molecule has 2 rings (SSSR count). The predicted molar refractivity (Wildman–Crippen MR) is 97.7 cm³/mol. The molecule has 26 heavy (non-hydrogen) atoms. The van der Waals surface area contributed by atoms with Gasteiger partial charge in [-0.2, -0.15) is 5.26 Å². The maximum absolute atomic E-state index is 12.5. The van der Waals surface area contributed by atoms with E-state index < -0.39 is 18.5 Å². The fraction of sp³-hybridized carbons (Fsp3) is 0.150. The summed E-state index contributed by atoms with van der Waals surface area (Å²) >= 11 is 0. The molecule has 0 saturated heterocycles. The van der Waals surface area contributed by atoms with Crippen LogP contribution in [0.2, 0.25) is 0 Å². The van der Waals surface area contributed by atoms with Gasteiger partial charge in [-0.3, -0.25) is 4.79 Å². The Labute approximate surface area is 151 Å². The molecule has 0 aromatic heterocycles. The molecule has 0 aliphatic heterocycles. The lowest BCUT2D eigenvalue weighted by Gasteiger charge is -2.10. The Bertz CT molecular complexity index is 910. The first kappa shape index (κ1) is 18.7. The summed E-state index contributed by atoms with van der Waals surface area (Å²) in [6.45, 7) is 3.30. The lowest BCUT2D eigenvalue weighted by Crippen LogP contribution is -2.14. The second-order valence-electron chi connectivity index (χ2n) is 5.59. The van der Waals surface area contributed by atoms with Crippen LogP contribution in [0.25, 0.3) is 6.08 Å². The van der Waals surface area contributed by atoms with Crippen molar-refractivity contribution < 1.29 is 19.4 Å². The number of ether oxygens (including phenoxy) is 1. The third-order valence-electron chi connectivity index (χ3n) is 3.79. The van der Waals surface area contributed by atoms with Gasteiger partial charge < -0.3 is 15.2 Å². The number of rotatable bonds is 6. The number of nitrogens with one attached hydrogen (secondary N) is 1. The maximum Gasteiger partial charge on any atom is 0.341 e. The van der Waals surface area contributed by atoms with Crippen LogP contribution >= 0.6 is 0 Å². The van der Waals surface area contributed by atoms with E-state index in [1.165, 1.54) is 6.08 Å². The highest BCUT2D eigenvalue weighted by molar-refractivity contribution is 6.10. The van der Waals surface area contributed by atoms with Crippen LogP contribution in [-0.4, -0.2) is 23.6 Å². The number of aliphatic carboxylic acids is 1. The SMILES string of the molecule is Cc1cccc(NC(=O)/C(C#N)=C/c2ccccc2OCC(=O)O)c1C. The average Bonchev–Trinajstić information content (AvgIpc) is 2.62. The molecule has 0 atom stereocenters. The molecule has 2 aromatic carbocycles. The highest BCUT2D eigenvalue weighted by Gasteiger charge is 2.13. The van der Waals surface area contributed by atoms with Gasteiger partial charge in [0.05, 0.1) is 0 Å². The molecule has 1 amide bonds. The molecular weight excluding hydrogens is 332 g/mol. The molecule has 0 radical (unpaired) electrons. The molecule has 2 aromatic rings. The number of carboxylic acid groups (broad SMARTS) is 1. The normalized spacial score (nSPS) is 10.7. The van der Waals surface area contributed by atoms with E-state index in [2.05, 4.69) is 5.32 Å². The second kappa shape index (κ2) is 8.49. The summed E-state index contributed by atoms with van der Waals surface area (Å²) in [6.07, 6.45) is 1.37. The first-order valence-corrected chi connectivity index (χ1v) is 7.85. The topological polar surface area (TPSA) is 99.4 Å². The van der Waals surface area contributed by atoms with Crippen LogP contribution in [0, 0.1) is 25.2 Å². The summed E-state index contributed by atoms with van der Waals surface area (Å²) in [7, 11) is 0. The second-order valence-corrected chi connectivity index (χ2v) is 5.59. The van der Waals surface area contributed by atoms with Crippen LogP contribution in [0.3, 0.4) is 0 Å². The quantitative estimate of drug-likeness (QED) is 0.615. The molecule has 0 heterocycles. The maximum atomic E-state index is 12.5. The van der Waals surface area contributed by atoms with Gasteiger partial charge in [-0.25, -0.2) is 4.79 Å². The van der Waals surface area contributed by atoms with E-state index in [9.17, 15) is 14.9 Å². The fourth-order valence-electron chi connectivity index (χ4n) is 2.25. The Morgan fingerprint density at radius 3 is 2.62 bits per heavy atom. The van der Waals surface area contributed by atoms with E-state index in [0.29, 0.717) is 11.3 Å². The van der Waals surface area contributed by atoms with Gasteiger partial charge in [0.15, 0.2) is 6.61 Å². The van der Waals surface area contributed by atoms with Crippen molar-refractivity contribution in [1.29, 1.82) is 5.26 Å². The number of hydrogen-bond acceptors (Lipinski definition) is 4. The number of benzene rings is 2. The molecule has 6 heteroatoms. The first-order chi connectivity index (χ1) is 12.4. The van der Waals surface area contributed by atoms with Crippen molar-refractivity contribution >= 4 is 23.6 Å². The van der Waals surface area contributed by atoms with Crippen molar-refractivity contribution in [3.8, 4) is 11.8 Å². The van der Waals surface area contributed by atoms with Gasteiger partial charge in [-0.05, 0) is 43.2 Å².